The normalized spacial score (nSPS) is 10.5. The van der Waals surface area contributed by atoms with E-state index in [1.165, 1.54) is 11.1 Å². The molecule has 5 aromatic rings. The van der Waals surface area contributed by atoms with E-state index in [9.17, 15) is 4.39 Å². The number of nitrogens with one attached hydrogen (secondary N) is 1. The second kappa shape index (κ2) is 21.2. The average Bonchev–Trinajstić information content (AvgIpc) is 3.48. The summed E-state index contributed by atoms with van der Waals surface area (Å²) in [5.74, 6) is 0.981. The molecule has 0 aliphatic rings. The summed E-state index contributed by atoms with van der Waals surface area (Å²) in [6.45, 7) is 11.5. The number of fused-ring (bicyclic) bond motifs is 1. The number of nitrogens with zero attached hydrogens (tertiary/aromatic N) is 7. The van der Waals surface area contributed by atoms with Crippen molar-refractivity contribution in [1.29, 1.82) is 5.26 Å². The van der Waals surface area contributed by atoms with Crippen molar-refractivity contribution in [3.63, 3.8) is 0 Å². The van der Waals surface area contributed by atoms with Gasteiger partial charge in [-0.05, 0) is 12.1 Å². The van der Waals surface area contributed by atoms with E-state index in [0.29, 0.717) is 39.8 Å². The minimum atomic E-state index is -0.403. The maximum absolute atomic E-state index is 13.3. The zero-order valence-electron chi connectivity index (χ0n) is 25.8. The van der Waals surface area contributed by atoms with Gasteiger partial charge in [0.15, 0.2) is 0 Å². The summed E-state index contributed by atoms with van der Waals surface area (Å²) in [6, 6.07) is 18.0. The number of rotatable bonds is 9. The first kappa shape index (κ1) is 41.2. The topological polar surface area (TPSA) is 181 Å². The van der Waals surface area contributed by atoms with Crippen LogP contribution in [0, 0.1) is 44.1 Å². The first-order chi connectivity index (χ1) is 22.4. The molecule has 0 spiro atoms. The Labute approximate surface area is 297 Å². The molecule has 0 amide bonds. The predicted molar refractivity (Wildman–Crippen MR) is 177 cm³/mol. The Bertz CT molecular complexity index is 1840. The fourth-order valence-corrected chi connectivity index (χ4v) is 4.10. The van der Waals surface area contributed by atoms with Crippen LogP contribution in [0.1, 0.15) is 30.1 Å². The second-order valence-electron chi connectivity index (χ2n) is 9.16. The number of benzene rings is 1. The zero-order valence-corrected chi connectivity index (χ0v) is 27.8. The molecule has 0 atom stereocenters. The number of pyridine rings is 2. The summed E-state index contributed by atoms with van der Waals surface area (Å²) in [4.78, 5) is 22.9. The van der Waals surface area contributed by atoms with E-state index < -0.39 is 5.82 Å². The van der Waals surface area contributed by atoms with Crippen LogP contribution in [-0.4, -0.2) is 58.2 Å². The van der Waals surface area contributed by atoms with E-state index in [2.05, 4.69) is 62.3 Å². The summed E-state index contributed by atoms with van der Waals surface area (Å²) in [6.07, 6.45) is 10.3. The molecule has 5 N–H and O–H groups in total. The van der Waals surface area contributed by atoms with Crippen molar-refractivity contribution in [2.45, 2.75) is 18.9 Å². The number of aliphatic hydroxyl groups is 1. The minimum absolute atomic E-state index is 0. The Hall–Kier alpha value is -4.78. The first-order valence-corrected chi connectivity index (χ1v) is 14.3. The van der Waals surface area contributed by atoms with Crippen molar-refractivity contribution in [3.8, 4) is 23.1 Å². The van der Waals surface area contributed by atoms with Crippen LogP contribution < -0.4 is 11.1 Å². The number of nitrogens with two attached hydrogens (primary N) is 1. The van der Waals surface area contributed by atoms with Gasteiger partial charge >= 0.3 is 187 Å². The molecule has 0 aliphatic carbocycles. The molecule has 0 aliphatic heterocycles. The van der Waals surface area contributed by atoms with Crippen LogP contribution in [0.3, 0.4) is 0 Å². The zero-order chi connectivity index (χ0) is 33.5. The predicted octanol–water partition coefficient (Wildman–Crippen LogP) is 4.82. The molecule has 11 nitrogen and oxygen atoms in total. The number of halogens is 1. The van der Waals surface area contributed by atoms with E-state index in [1.54, 1.807) is 36.5 Å². The summed E-state index contributed by atoms with van der Waals surface area (Å²) in [5, 5.41) is 18.7. The summed E-state index contributed by atoms with van der Waals surface area (Å²) in [5.41, 5.74) is 10.5. The molecular formula is C34H33FN9Ni2O2-2. The summed E-state index contributed by atoms with van der Waals surface area (Å²) in [7, 11) is 1.00. The Kier molecular flexibility index (Phi) is 18.2. The molecule has 14 heteroatoms. The van der Waals surface area contributed by atoms with Crippen molar-refractivity contribution >= 4 is 27.5 Å². The van der Waals surface area contributed by atoms with Crippen LogP contribution in [0.25, 0.3) is 33.8 Å². The maximum atomic E-state index is 13.3. The number of aromatic nitrogens is 6. The standard InChI is InChI=1S/C23H16FN5.C10H12N4.CH4O.2Ni.H2O/c1-3-4-16(13-25)22-28-21-12-11-20(19-10-7-17(24)14-26-19)27-23(21)29(22)18-8-5-15(2)6-9-18;1-3-8(4-2)13-9-5-6-12-10(7-11)14-9;1-2;;;/h1,3-12,14H,2,25H2;5-6,8H,1-4H2,(H,12,13,14);2H,1H3;;;1H2/q2*-2;;;+3;/p-1/b4-3-;;;;;. The van der Waals surface area contributed by atoms with Crippen molar-refractivity contribution in [3.05, 3.63) is 129 Å². The second-order valence-corrected chi connectivity index (χ2v) is 9.49. The Morgan fingerprint density at radius 1 is 1.06 bits per heavy atom. The van der Waals surface area contributed by atoms with Gasteiger partial charge < -0.3 is 29.7 Å². The van der Waals surface area contributed by atoms with Crippen molar-refractivity contribution in [1.82, 2.24) is 29.5 Å². The number of imidazole rings is 1. The molecule has 4 aromatic heterocycles. The SMILES string of the molecule is CO.[CH2-]CC(C[CH2-])Nc1ccnc(C#N)n1.[CH2-]c1ccc(-n2c(C(=[C-]N)/C=C\[CH]=[Ni])nc3ccc(-c4ccc(F)cn4)nc32)cc1.[Ni+3].[OH-]. The van der Waals surface area contributed by atoms with E-state index in [-0.39, 0.29) is 33.8 Å². The average molecular weight is 736 g/mol. The molecule has 5 rings (SSSR count). The number of hydrogen-bond donors (Lipinski definition) is 3. The van der Waals surface area contributed by atoms with Crippen LogP contribution >= 0.6 is 0 Å². The smallest absolute Gasteiger partial charge is 0.870 e. The molecule has 0 bridgehead atoms. The van der Waals surface area contributed by atoms with Gasteiger partial charge in [0.25, 0.3) is 0 Å². The molecular weight excluding hydrogens is 703 g/mol. The van der Waals surface area contributed by atoms with Gasteiger partial charge in [0.2, 0.25) is 5.82 Å². The Morgan fingerprint density at radius 3 is 2.33 bits per heavy atom. The third-order valence-electron chi connectivity index (χ3n) is 6.21. The quantitative estimate of drug-likeness (QED) is 0.0822. The third-order valence-corrected chi connectivity index (χ3v) is 6.40. The van der Waals surface area contributed by atoms with E-state index in [4.69, 9.17) is 26.1 Å². The van der Waals surface area contributed by atoms with Gasteiger partial charge in [-0.1, -0.05) is 0 Å². The molecule has 48 heavy (non-hydrogen) atoms. The van der Waals surface area contributed by atoms with E-state index in [1.807, 2.05) is 41.0 Å². The monoisotopic (exact) mass is 734 g/mol. The molecule has 0 unspecified atom stereocenters. The van der Waals surface area contributed by atoms with Gasteiger partial charge in [-0.3, -0.25) is 0 Å². The molecule has 0 fully saturated rings. The summed E-state index contributed by atoms with van der Waals surface area (Å²) < 4.78 is 15.2. The Morgan fingerprint density at radius 2 is 1.75 bits per heavy atom. The molecule has 0 saturated carbocycles. The van der Waals surface area contributed by atoms with Crippen molar-refractivity contribution in [2.75, 3.05) is 12.4 Å². The fraction of sp³-hybridized carbons (Fsp3) is 0.118. The van der Waals surface area contributed by atoms with Gasteiger partial charge in [0.05, 0.1) is 0 Å². The van der Waals surface area contributed by atoms with Gasteiger partial charge in [-0.2, -0.15) is 18.1 Å². The van der Waals surface area contributed by atoms with Gasteiger partial charge in [0.1, 0.15) is 17.7 Å². The van der Waals surface area contributed by atoms with Crippen LogP contribution in [0.4, 0.5) is 10.2 Å². The van der Waals surface area contributed by atoms with Crippen LogP contribution in [0.5, 0.6) is 0 Å². The minimum Gasteiger partial charge on any atom is -0.870 e. The van der Waals surface area contributed by atoms with Gasteiger partial charge in [-0.25, -0.2) is 14.4 Å². The van der Waals surface area contributed by atoms with Crippen molar-refractivity contribution < 1.29 is 46.5 Å². The van der Waals surface area contributed by atoms with Crippen molar-refractivity contribution in [2.24, 2.45) is 5.73 Å². The maximum Gasteiger partial charge on any atom is 3.00 e. The number of anilines is 1. The van der Waals surface area contributed by atoms with Crippen LogP contribution in [0.15, 0.2) is 79.1 Å². The fourth-order valence-electron chi connectivity index (χ4n) is 4.00. The Balaban J connectivity index is 0.000000544. The van der Waals surface area contributed by atoms with E-state index >= 15 is 0 Å². The van der Waals surface area contributed by atoms with Crippen LogP contribution in [0.2, 0.25) is 0 Å². The summed E-state index contributed by atoms with van der Waals surface area (Å²) >= 11 is 4.58. The van der Waals surface area contributed by atoms with Crippen LogP contribution in [-0.2, 0) is 31.5 Å². The molecule has 1 radical (unpaired) electrons. The number of allylic oxidation sites excluding steroid dienone is 3. The molecule has 0 saturated heterocycles. The third kappa shape index (κ3) is 10.9. The molecule has 255 valence electrons. The molecule has 4 heterocycles. The van der Waals surface area contributed by atoms with E-state index in [0.717, 1.165) is 37.4 Å². The first-order valence-electron chi connectivity index (χ1n) is 13.8. The number of nitriles is 1. The molecule has 1 aromatic carbocycles. The number of aliphatic hydroxyl groups excluding tert-OH is 1. The van der Waals surface area contributed by atoms with Gasteiger partial charge in [0, 0.05) is 13.3 Å². The van der Waals surface area contributed by atoms with Gasteiger partial charge in [-0.15, -0.1) is 0 Å². The number of hydrogen-bond acceptors (Lipinski definition) is 10. The largest absolute Gasteiger partial charge is 3.00 e.